The number of non-ortho nitro benzene ring substituents is 1. The monoisotopic (exact) mass is 607 g/mol. The number of nitro benzene ring substituents is 1. The van der Waals surface area contributed by atoms with Crippen LogP contribution in [0.4, 0.5) is 5.69 Å². The summed E-state index contributed by atoms with van der Waals surface area (Å²) in [7, 11) is 0. The Bertz CT molecular complexity index is 1990. The molecule has 1 aliphatic rings. The quantitative estimate of drug-likeness (QED) is 0.180. The summed E-state index contributed by atoms with van der Waals surface area (Å²) in [4.78, 5) is 54.2. The van der Waals surface area contributed by atoms with Crippen molar-refractivity contribution in [3.63, 3.8) is 0 Å². The SMILES string of the molecule is CC1=C(C(=O)OC(C)C)C(c2cccc([N+](=O)[O-])c2)n2c(s/c(=C/c3ccc(-c4cc(C(=O)O)ccc4Cl)o3)c2=O)=N1. The molecule has 0 amide bonds. The summed E-state index contributed by atoms with van der Waals surface area (Å²) in [6.45, 7) is 4.99. The van der Waals surface area contributed by atoms with E-state index in [4.69, 9.17) is 20.8 Å². The number of carboxylic acids is 1. The van der Waals surface area contributed by atoms with Crippen LogP contribution >= 0.6 is 22.9 Å². The summed E-state index contributed by atoms with van der Waals surface area (Å²) < 4.78 is 12.9. The van der Waals surface area contributed by atoms with E-state index in [2.05, 4.69) is 4.99 Å². The molecule has 11 nitrogen and oxygen atoms in total. The number of aromatic nitrogens is 1. The fourth-order valence-corrected chi connectivity index (χ4v) is 5.77. The number of carboxylic acid groups (broad SMARTS) is 1. The van der Waals surface area contributed by atoms with E-state index in [0.29, 0.717) is 22.6 Å². The number of thiazole rings is 1. The Kier molecular flexibility index (Phi) is 7.67. The van der Waals surface area contributed by atoms with Crippen molar-refractivity contribution in [2.24, 2.45) is 4.99 Å². The third-order valence-corrected chi connectivity index (χ3v) is 7.67. The maximum atomic E-state index is 13.8. The molecule has 2 aromatic heterocycles. The molecule has 42 heavy (non-hydrogen) atoms. The van der Waals surface area contributed by atoms with Gasteiger partial charge in [0.15, 0.2) is 4.80 Å². The first-order chi connectivity index (χ1) is 19.9. The van der Waals surface area contributed by atoms with Gasteiger partial charge in [0.1, 0.15) is 11.5 Å². The van der Waals surface area contributed by atoms with Crippen LogP contribution in [0.15, 0.2) is 80.1 Å². The summed E-state index contributed by atoms with van der Waals surface area (Å²) in [5, 5.41) is 21.1. The van der Waals surface area contributed by atoms with Gasteiger partial charge in [-0.3, -0.25) is 19.5 Å². The van der Waals surface area contributed by atoms with E-state index in [1.54, 1.807) is 39.0 Å². The average molecular weight is 608 g/mol. The molecule has 1 N–H and O–H groups in total. The van der Waals surface area contributed by atoms with Gasteiger partial charge in [-0.15, -0.1) is 0 Å². The molecule has 0 bridgehead atoms. The molecule has 214 valence electrons. The highest BCUT2D eigenvalue weighted by Gasteiger charge is 2.34. The number of fused-ring (bicyclic) bond motifs is 1. The Morgan fingerprint density at radius 1 is 1.21 bits per heavy atom. The van der Waals surface area contributed by atoms with E-state index in [-0.39, 0.29) is 36.9 Å². The number of benzene rings is 2. The lowest BCUT2D eigenvalue weighted by molar-refractivity contribution is -0.384. The summed E-state index contributed by atoms with van der Waals surface area (Å²) in [5.41, 5.74) is 0.456. The highest BCUT2D eigenvalue weighted by molar-refractivity contribution is 7.07. The van der Waals surface area contributed by atoms with Gasteiger partial charge in [0.25, 0.3) is 11.2 Å². The summed E-state index contributed by atoms with van der Waals surface area (Å²) >= 11 is 7.33. The number of nitrogens with zero attached hydrogens (tertiary/aromatic N) is 3. The van der Waals surface area contributed by atoms with Crippen LogP contribution in [-0.2, 0) is 9.53 Å². The molecule has 1 unspecified atom stereocenters. The van der Waals surface area contributed by atoms with E-state index in [0.717, 1.165) is 11.3 Å². The standard InChI is InChI=1S/C29H22ClN3O8S/c1-14(2)40-28(37)24-15(3)31-29-32(25(24)16-5-4-6-18(11-16)33(38)39)26(34)23(42-29)13-19-8-10-22(41-19)20-12-17(27(35)36)7-9-21(20)30/h4-14,25H,1-3H3,(H,35,36)/b23-13+. The molecule has 5 rings (SSSR count). The third-order valence-electron chi connectivity index (χ3n) is 6.36. The molecule has 13 heteroatoms. The summed E-state index contributed by atoms with van der Waals surface area (Å²) in [6.07, 6.45) is 1.05. The number of hydrogen-bond donors (Lipinski definition) is 1. The molecule has 4 aromatic rings. The topological polar surface area (TPSA) is 154 Å². The fraction of sp³-hybridized carbons (Fsp3) is 0.172. The Morgan fingerprint density at radius 3 is 2.67 bits per heavy atom. The lowest BCUT2D eigenvalue weighted by Crippen LogP contribution is -2.40. The zero-order valence-corrected chi connectivity index (χ0v) is 23.9. The fourth-order valence-electron chi connectivity index (χ4n) is 4.54. The van der Waals surface area contributed by atoms with Crippen molar-refractivity contribution in [1.82, 2.24) is 4.57 Å². The van der Waals surface area contributed by atoms with Crippen LogP contribution in [0.2, 0.25) is 5.02 Å². The zero-order valence-electron chi connectivity index (χ0n) is 22.4. The lowest BCUT2D eigenvalue weighted by Gasteiger charge is -2.25. The molecule has 0 radical (unpaired) electrons. The molecule has 0 fully saturated rings. The highest BCUT2D eigenvalue weighted by Crippen LogP contribution is 2.33. The van der Waals surface area contributed by atoms with Crippen molar-refractivity contribution >= 4 is 46.6 Å². The first-order valence-electron chi connectivity index (χ1n) is 12.6. The van der Waals surface area contributed by atoms with Crippen molar-refractivity contribution < 1.29 is 28.8 Å². The molecular weight excluding hydrogens is 586 g/mol. The van der Waals surface area contributed by atoms with Gasteiger partial charge in [-0.05, 0) is 56.7 Å². The maximum absolute atomic E-state index is 13.8. The molecular formula is C29H22ClN3O8S. The van der Waals surface area contributed by atoms with Crippen LogP contribution in [0.3, 0.4) is 0 Å². The van der Waals surface area contributed by atoms with Crippen molar-refractivity contribution in [2.45, 2.75) is 32.9 Å². The van der Waals surface area contributed by atoms with Gasteiger partial charge in [0, 0.05) is 23.8 Å². The maximum Gasteiger partial charge on any atom is 0.338 e. The number of carbonyl (C=O) groups excluding carboxylic acids is 1. The molecule has 1 aliphatic heterocycles. The normalized spacial score (nSPS) is 15.0. The minimum absolute atomic E-state index is 0.0315. The van der Waals surface area contributed by atoms with E-state index in [9.17, 15) is 29.6 Å². The van der Waals surface area contributed by atoms with Crippen molar-refractivity contribution in [1.29, 1.82) is 0 Å². The van der Waals surface area contributed by atoms with Crippen LogP contribution in [0, 0.1) is 10.1 Å². The molecule has 0 saturated heterocycles. The average Bonchev–Trinajstić information content (AvgIpc) is 3.51. The number of allylic oxidation sites excluding steroid dienone is 1. The van der Waals surface area contributed by atoms with Crippen LogP contribution in [-0.4, -0.2) is 32.6 Å². The Hall–Kier alpha value is -4.81. The second kappa shape index (κ2) is 11.2. The Morgan fingerprint density at radius 2 is 1.98 bits per heavy atom. The second-order valence-electron chi connectivity index (χ2n) is 9.59. The number of nitro groups is 1. The van der Waals surface area contributed by atoms with Gasteiger partial charge in [-0.1, -0.05) is 35.1 Å². The van der Waals surface area contributed by atoms with Gasteiger partial charge in [0.2, 0.25) is 0 Å². The predicted octanol–water partition coefficient (Wildman–Crippen LogP) is 4.71. The molecule has 3 heterocycles. The van der Waals surface area contributed by atoms with Gasteiger partial charge in [0.05, 0.1) is 43.5 Å². The van der Waals surface area contributed by atoms with Crippen molar-refractivity contribution in [3.8, 4) is 11.3 Å². The van der Waals surface area contributed by atoms with Crippen LogP contribution in [0.25, 0.3) is 17.4 Å². The smallest absolute Gasteiger partial charge is 0.338 e. The molecule has 0 spiro atoms. The van der Waals surface area contributed by atoms with Gasteiger partial charge >= 0.3 is 11.9 Å². The van der Waals surface area contributed by atoms with Crippen LogP contribution in [0.1, 0.15) is 48.5 Å². The molecule has 0 aliphatic carbocycles. The van der Waals surface area contributed by atoms with E-state index in [1.165, 1.54) is 47.0 Å². The van der Waals surface area contributed by atoms with Crippen molar-refractivity contribution in [2.75, 3.05) is 0 Å². The van der Waals surface area contributed by atoms with Gasteiger partial charge in [-0.2, -0.15) is 0 Å². The Labute approximate surface area is 246 Å². The number of halogens is 1. The van der Waals surface area contributed by atoms with Gasteiger partial charge < -0.3 is 14.3 Å². The first-order valence-corrected chi connectivity index (χ1v) is 13.7. The lowest BCUT2D eigenvalue weighted by atomic mass is 9.95. The third kappa shape index (κ3) is 5.41. The number of carbonyl (C=O) groups is 2. The Balaban J connectivity index is 1.65. The van der Waals surface area contributed by atoms with E-state index < -0.39 is 34.6 Å². The van der Waals surface area contributed by atoms with Crippen LogP contribution < -0.4 is 14.9 Å². The van der Waals surface area contributed by atoms with Crippen LogP contribution in [0.5, 0.6) is 0 Å². The van der Waals surface area contributed by atoms with Gasteiger partial charge in [-0.25, -0.2) is 14.6 Å². The number of ether oxygens (including phenoxy) is 1. The number of aromatic carboxylic acids is 1. The number of rotatable bonds is 7. The van der Waals surface area contributed by atoms with Crippen molar-refractivity contribution in [3.05, 3.63) is 118 Å². The summed E-state index contributed by atoms with van der Waals surface area (Å²) in [5.74, 6) is -1.22. The van der Waals surface area contributed by atoms with E-state index >= 15 is 0 Å². The number of furan rings is 1. The number of esters is 1. The first kappa shape index (κ1) is 28.7. The minimum atomic E-state index is -1.12. The molecule has 2 aromatic carbocycles. The highest BCUT2D eigenvalue weighted by atomic mass is 35.5. The zero-order chi connectivity index (χ0) is 30.3. The molecule has 0 saturated carbocycles. The predicted molar refractivity (Wildman–Crippen MR) is 154 cm³/mol. The number of hydrogen-bond acceptors (Lipinski definition) is 9. The second-order valence-corrected chi connectivity index (χ2v) is 11.0. The minimum Gasteiger partial charge on any atom is -0.478 e. The largest absolute Gasteiger partial charge is 0.478 e. The summed E-state index contributed by atoms with van der Waals surface area (Å²) in [6, 6.07) is 12.1. The van der Waals surface area contributed by atoms with E-state index in [1.807, 2.05) is 0 Å². The molecule has 1 atom stereocenters.